The zero-order valence-corrected chi connectivity index (χ0v) is 13.0. The van der Waals surface area contributed by atoms with Crippen LogP contribution in [0.1, 0.15) is 51.0 Å². The van der Waals surface area contributed by atoms with E-state index in [4.69, 9.17) is 4.74 Å². The molecule has 1 aromatic rings. The Hall–Kier alpha value is -2.18. The molecule has 0 fully saturated rings. The lowest BCUT2D eigenvalue weighted by molar-refractivity contribution is -0.394. The van der Waals surface area contributed by atoms with E-state index in [2.05, 4.69) is 6.92 Å². The fourth-order valence-electron chi connectivity index (χ4n) is 2.22. The first-order valence-electron chi connectivity index (χ1n) is 7.53. The number of unbranched alkanes of at least 4 members (excludes halogenated alkanes) is 5. The Morgan fingerprint density at radius 1 is 1.00 bits per heavy atom. The molecule has 0 aliphatic rings. The van der Waals surface area contributed by atoms with Crippen LogP contribution in [-0.4, -0.2) is 16.5 Å². The number of non-ortho nitro benzene ring substituents is 1. The highest BCUT2D eigenvalue weighted by Crippen LogP contribution is 2.35. The molecule has 0 spiro atoms. The fourth-order valence-corrected chi connectivity index (χ4v) is 2.22. The Labute approximate surface area is 129 Å². The van der Waals surface area contributed by atoms with Gasteiger partial charge >= 0.3 is 5.69 Å². The van der Waals surface area contributed by atoms with E-state index < -0.39 is 9.85 Å². The minimum absolute atomic E-state index is 0.129. The molecule has 22 heavy (non-hydrogen) atoms. The van der Waals surface area contributed by atoms with Crippen molar-refractivity contribution in [1.82, 2.24) is 0 Å². The topological polar surface area (TPSA) is 95.5 Å². The quantitative estimate of drug-likeness (QED) is 0.359. The molecule has 0 heterocycles. The van der Waals surface area contributed by atoms with Crippen LogP contribution in [0.15, 0.2) is 12.1 Å². The van der Waals surface area contributed by atoms with Gasteiger partial charge in [-0.3, -0.25) is 20.2 Å². The van der Waals surface area contributed by atoms with E-state index in [0.29, 0.717) is 12.2 Å². The lowest BCUT2D eigenvalue weighted by atomic mass is 10.1. The second-order valence-electron chi connectivity index (χ2n) is 5.24. The molecule has 0 unspecified atom stereocenters. The van der Waals surface area contributed by atoms with E-state index in [0.717, 1.165) is 25.3 Å². The summed E-state index contributed by atoms with van der Waals surface area (Å²) < 4.78 is 5.51. The number of ether oxygens (including phenoxy) is 1. The molecule has 0 radical (unpaired) electrons. The first kappa shape index (κ1) is 17.9. The van der Waals surface area contributed by atoms with Crippen molar-refractivity contribution in [3.05, 3.63) is 37.9 Å². The van der Waals surface area contributed by atoms with Crippen molar-refractivity contribution in [2.75, 3.05) is 6.61 Å². The summed E-state index contributed by atoms with van der Waals surface area (Å²) in [5.74, 6) is 0.129. The standard InChI is InChI=1S/C15H22N2O5/c1-3-4-5-6-7-8-9-22-15-12(2)10-13(16(18)19)11-14(15)17(20)21/h10-11H,3-9H2,1-2H3. The molecule has 7 nitrogen and oxygen atoms in total. The van der Waals surface area contributed by atoms with Gasteiger partial charge in [0.2, 0.25) is 5.75 Å². The Bertz CT molecular complexity index is 531. The van der Waals surface area contributed by atoms with Crippen molar-refractivity contribution in [2.24, 2.45) is 0 Å². The zero-order valence-electron chi connectivity index (χ0n) is 13.0. The highest BCUT2D eigenvalue weighted by Gasteiger charge is 2.23. The highest BCUT2D eigenvalue weighted by atomic mass is 16.6. The van der Waals surface area contributed by atoms with Gasteiger partial charge in [0.05, 0.1) is 22.5 Å². The van der Waals surface area contributed by atoms with E-state index in [1.54, 1.807) is 6.92 Å². The zero-order chi connectivity index (χ0) is 16.5. The predicted molar refractivity (Wildman–Crippen MR) is 83.4 cm³/mol. The van der Waals surface area contributed by atoms with Gasteiger partial charge in [0.25, 0.3) is 5.69 Å². The monoisotopic (exact) mass is 310 g/mol. The van der Waals surface area contributed by atoms with Crippen LogP contribution >= 0.6 is 0 Å². The van der Waals surface area contributed by atoms with Gasteiger partial charge in [-0.1, -0.05) is 39.0 Å². The Kier molecular flexibility index (Phi) is 7.28. The number of hydrogen-bond donors (Lipinski definition) is 0. The van der Waals surface area contributed by atoms with Gasteiger partial charge in [-0.25, -0.2) is 0 Å². The summed E-state index contributed by atoms with van der Waals surface area (Å²) >= 11 is 0. The molecule has 0 aromatic heterocycles. The molecule has 0 saturated carbocycles. The first-order chi connectivity index (χ1) is 10.5. The molecule has 0 bridgehead atoms. The summed E-state index contributed by atoms with van der Waals surface area (Å²) in [6, 6.07) is 2.24. The smallest absolute Gasteiger partial charge is 0.318 e. The van der Waals surface area contributed by atoms with Gasteiger partial charge in [0.1, 0.15) is 0 Å². The summed E-state index contributed by atoms with van der Waals surface area (Å²) in [6.45, 7) is 4.11. The fraction of sp³-hybridized carbons (Fsp3) is 0.600. The van der Waals surface area contributed by atoms with Gasteiger partial charge in [-0.15, -0.1) is 0 Å². The number of hydrogen-bond acceptors (Lipinski definition) is 5. The van der Waals surface area contributed by atoms with Crippen molar-refractivity contribution in [1.29, 1.82) is 0 Å². The lowest BCUT2D eigenvalue weighted by Crippen LogP contribution is -2.03. The van der Waals surface area contributed by atoms with E-state index in [1.165, 1.54) is 25.3 Å². The van der Waals surface area contributed by atoms with Crippen molar-refractivity contribution in [2.45, 2.75) is 52.4 Å². The molecule has 0 atom stereocenters. The number of rotatable bonds is 10. The molecule has 122 valence electrons. The van der Waals surface area contributed by atoms with Crippen LogP contribution in [0.25, 0.3) is 0 Å². The third-order valence-electron chi connectivity index (χ3n) is 3.39. The third-order valence-corrected chi connectivity index (χ3v) is 3.39. The van der Waals surface area contributed by atoms with Crippen LogP contribution in [0.2, 0.25) is 0 Å². The van der Waals surface area contributed by atoms with Crippen molar-refractivity contribution in [3.63, 3.8) is 0 Å². The summed E-state index contributed by atoms with van der Waals surface area (Å²) in [7, 11) is 0. The van der Waals surface area contributed by atoms with E-state index in [-0.39, 0.29) is 17.1 Å². The SMILES string of the molecule is CCCCCCCCOc1c(C)cc([N+](=O)[O-])cc1[N+](=O)[O-]. The summed E-state index contributed by atoms with van der Waals surface area (Å²) in [5, 5.41) is 21.8. The van der Waals surface area contributed by atoms with Crippen LogP contribution in [0, 0.1) is 27.2 Å². The van der Waals surface area contributed by atoms with E-state index >= 15 is 0 Å². The van der Waals surface area contributed by atoms with Crippen LogP contribution in [0.5, 0.6) is 5.75 Å². The van der Waals surface area contributed by atoms with Gasteiger partial charge in [0, 0.05) is 11.6 Å². The van der Waals surface area contributed by atoms with Gasteiger partial charge in [-0.05, 0) is 13.3 Å². The molecule has 0 N–H and O–H groups in total. The van der Waals surface area contributed by atoms with Gasteiger partial charge in [0.15, 0.2) is 0 Å². The van der Waals surface area contributed by atoms with Crippen molar-refractivity contribution in [3.8, 4) is 5.75 Å². The molecular formula is C15H22N2O5. The average Bonchev–Trinajstić information content (AvgIpc) is 2.46. The van der Waals surface area contributed by atoms with Crippen molar-refractivity contribution >= 4 is 11.4 Å². The summed E-state index contributed by atoms with van der Waals surface area (Å²) in [5.41, 5.74) is -0.235. The molecule has 0 aliphatic heterocycles. The maximum absolute atomic E-state index is 11.1. The summed E-state index contributed by atoms with van der Waals surface area (Å²) in [6.07, 6.45) is 6.54. The predicted octanol–water partition coefficient (Wildman–Crippen LogP) is 4.55. The minimum Gasteiger partial charge on any atom is -0.487 e. The molecule has 0 amide bonds. The van der Waals surface area contributed by atoms with Crippen LogP contribution < -0.4 is 4.74 Å². The number of aryl methyl sites for hydroxylation is 1. The number of nitrogens with zero attached hydrogens (tertiary/aromatic N) is 2. The second-order valence-corrected chi connectivity index (χ2v) is 5.24. The molecule has 0 saturated heterocycles. The molecule has 1 aromatic carbocycles. The van der Waals surface area contributed by atoms with Gasteiger partial charge < -0.3 is 4.74 Å². The van der Waals surface area contributed by atoms with Crippen molar-refractivity contribution < 1.29 is 14.6 Å². The minimum atomic E-state index is -0.642. The first-order valence-corrected chi connectivity index (χ1v) is 7.53. The lowest BCUT2D eigenvalue weighted by Gasteiger charge is -2.09. The van der Waals surface area contributed by atoms with Crippen LogP contribution in [0.4, 0.5) is 11.4 Å². The maximum atomic E-state index is 11.1. The third kappa shape index (κ3) is 5.31. The van der Waals surface area contributed by atoms with Crippen LogP contribution in [-0.2, 0) is 0 Å². The molecule has 1 rings (SSSR count). The highest BCUT2D eigenvalue weighted by molar-refractivity contribution is 5.58. The normalized spacial score (nSPS) is 10.5. The number of nitro groups is 2. The van der Waals surface area contributed by atoms with Crippen LogP contribution in [0.3, 0.4) is 0 Å². The van der Waals surface area contributed by atoms with E-state index in [9.17, 15) is 20.2 Å². The number of nitro benzene ring substituents is 2. The Morgan fingerprint density at radius 2 is 1.64 bits per heavy atom. The summed E-state index contributed by atoms with van der Waals surface area (Å²) in [4.78, 5) is 20.5. The van der Waals surface area contributed by atoms with E-state index in [1.807, 2.05) is 0 Å². The Balaban J connectivity index is 2.66. The Morgan fingerprint density at radius 3 is 2.23 bits per heavy atom. The average molecular weight is 310 g/mol. The largest absolute Gasteiger partial charge is 0.487 e. The van der Waals surface area contributed by atoms with Gasteiger partial charge in [-0.2, -0.15) is 0 Å². The molecule has 7 heteroatoms. The number of benzene rings is 1. The second kappa shape index (κ2) is 8.96. The molecule has 0 aliphatic carbocycles. The maximum Gasteiger partial charge on any atom is 0.318 e. The molecular weight excluding hydrogens is 288 g/mol.